The topological polar surface area (TPSA) is 69.2 Å². The van der Waals surface area contributed by atoms with Crippen LogP contribution in [0.1, 0.15) is 0 Å². The van der Waals surface area contributed by atoms with Crippen molar-refractivity contribution in [3.05, 3.63) is 27.3 Å². The zero-order valence-electron chi connectivity index (χ0n) is 9.19. The molecular formula is C8H10ClN2NaO2S2. The predicted molar refractivity (Wildman–Crippen MR) is 67.6 cm³/mol. The minimum Gasteiger partial charge on any atom is -0.796 e. The fourth-order valence-corrected chi connectivity index (χ4v) is 1.76. The predicted octanol–water partition coefficient (Wildman–Crippen LogP) is -0.281. The van der Waals surface area contributed by atoms with Gasteiger partial charge in [0.25, 0.3) is 5.69 Å². The van der Waals surface area contributed by atoms with E-state index in [0.29, 0.717) is 5.02 Å². The Balaban J connectivity index is 0. The van der Waals surface area contributed by atoms with Gasteiger partial charge in [0, 0.05) is 11.0 Å². The van der Waals surface area contributed by atoms with Crippen molar-refractivity contribution < 1.29 is 34.5 Å². The fraction of sp³-hybridized carbons (Fsp3) is 0.250. The Morgan fingerprint density at radius 2 is 2.00 bits per heavy atom. The molecule has 1 rings (SSSR count). The van der Waals surface area contributed by atoms with Crippen LogP contribution in [-0.4, -0.2) is 17.4 Å². The Morgan fingerprint density at radius 3 is 2.38 bits per heavy atom. The molecule has 0 aliphatic rings. The van der Waals surface area contributed by atoms with Gasteiger partial charge >= 0.3 is 29.6 Å². The molecule has 16 heavy (non-hydrogen) atoms. The maximum Gasteiger partial charge on any atom is 1.00 e. The number of halogens is 1. The first-order valence-corrected chi connectivity index (χ1v) is 6.16. The van der Waals surface area contributed by atoms with E-state index in [4.69, 9.17) is 17.3 Å². The second-order valence-electron chi connectivity index (χ2n) is 2.30. The smallest absolute Gasteiger partial charge is 0.796 e. The van der Waals surface area contributed by atoms with Crippen LogP contribution in [0.25, 0.3) is 0 Å². The number of nitro benzene ring substituents is 1. The van der Waals surface area contributed by atoms with Gasteiger partial charge in [0.1, 0.15) is 5.69 Å². The van der Waals surface area contributed by atoms with Gasteiger partial charge in [-0.1, -0.05) is 11.6 Å². The Kier molecular flexibility index (Phi) is 11.1. The number of nitrogens with zero attached hydrogens (tertiary/aromatic N) is 1. The van der Waals surface area contributed by atoms with E-state index in [1.54, 1.807) is 6.26 Å². The minimum atomic E-state index is -0.550. The van der Waals surface area contributed by atoms with Crippen LogP contribution in [0.2, 0.25) is 5.02 Å². The summed E-state index contributed by atoms with van der Waals surface area (Å²) < 4.78 is 0. The molecule has 0 fully saturated rings. The van der Waals surface area contributed by atoms with Crippen molar-refractivity contribution in [1.29, 1.82) is 0 Å². The molecule has 0 unspecified atom stereocenters. The Labute approximate surface area is 131 Å². The van der Waals surface area contributed by atoms with Crippen molar-refractivity contribution in [2.24, 2.45) is 0 Å². The molecule has 4 nitrogen and oxygen atoms in total. The number of rotatable bonds is 2. The molecule has 1 aromatic rings. The summed E-state index contributed by atoms with van der Waals surface area (Å²) in [5, 5.41) is 10.8. The summed E-state index contributed by atoms with van der Waals surface area (Å²) in [6, 6.07) is 2.77. The van der Waals surface area contributed by atoms with Gasteiger partial charge < -0.3 is 18.4 Å². The van der Waals surface area contributed by atoms with Crippen molar-refractivity contribution in [1.82, 2.24) is 0 Å². The average molecular weight is 289 g/mol. The quantitative estimate of drug-likeness (QED) is 0.202. The molecule has 2 N–H and O–H groups in total. The van der Waals surface area contributed by atoms with Gasteiger partial charge in [-0.15, -0.1) is 11.8 Å². The number of thioether (sulfide) groups is 1. The van der Waals surface area contributed by atoms with E-state index < -0.39 is 4.92 Å². The molecule has 84 valence electrons. The van der Waals surface area contributed by atoms with Crippen LogP contribution in [0.3, 0.4) is 0 Å². The van der Waals surface area contributed by atoms with Gasteiger partial charge in [-0.2, -0.15) is 6.26 Å². The monoisotopic (exact) mass is 288 g/mol. The summed E-state index contributed by atoms with van der Waals surface area (Å²) in [6.45, 7) is 0. The number of hydrogen-bond acceptors (Lipinski definition) is 5. The van der Waals surface area contributed by atoms with E-state index in [-0.39, 0.29) is 40.9 Å². The molecule has 0 aromatic heterocycles. The van der Waals surface area contributed by atoms with Crippen molar-refractivity contribution in [3.63, 3.8) is 0 Å². The van der Waals surface area contributed by atoms with E-state index in [0.717, 1.165) is 4.90 Å². The number of nitrogen functional groups attached to an aromatic ring is 1. The van der Waals surface area contributed by atoms with Crippen LogP contribution in [0.5, 0.6) is 0 Å². The van der Waals surface area contributed by atoms with Crippen LogP contribution in [-0.2, 0) is 12.6 Å². The summed E-state index contributed by atoms with van der Waals surface area (Å²) >= 11 is 11.2. The van der Waals surface area contributed by atoms with Crippen LogP contribution in [0.4, 0.5) is 11.4 Å². The van der Waals surface area contributed by atoms with Crippen molar-refractivity contribution in [3.8, 4) is 0 Å². The normalized spacial score (nSPS) is 8.50. The molecule has 0 saturated carbocycles. The number of hydrogen-bond donors (Lipinski definition) is 1. The van der Waals surface area contributed by atoms with E-state index >= 15 is 0 Å². The molecule has 0 radical (unpaired) electrons. The summed E-state index contributed by atoms with van der Waals surface area (Å²) in [6.07, 6.45) is 3.41. The zero-order chi connectivity index (χ0) is 12.0. The SMILES string of the molecule is CSc1cc(N)c([N+](=O)[O-])cc1Cl.C[S-].[Na+]. The fourth-order valence-electron chi connectivity index (χ4n) is 0.873. The van der Waals surface area contributed by atoms with Gasteiger partial charge in [-0.3, -0.25) is 10.1 Å². The molecule has 0 saturated heterocycles. The van der Waals surface area contributed by atoms with Gasteiger partial charge in [0.15, 0.2) is 0 Å². The summed E-state index contributed by atoms with van der Waals surface area (Å²) in [7, 11) is 0. The molecular weight excluding hydrogens is 279 g/mol. The molecule has 8 heteroatoms. The zero-order valence-corrected chi connectivity index (χ0v) is 13.6. The van der Waals surface area contributed by atoms with Crippen molar-refractivity contribution >= 4 is 47.4 Å². The number of nitrogens with two attached hydrogens (primary N) is 1. The number of benzene rings is 1. The molecule has 0 spiro atoms. The van der Waals surface area contributed by atoms with Gasteiger partial charge in [-0.25, -0.2) is 0 Å². The second-order valence-corrected chi connectivity index (χ2v) is 3.56. The molecule has 1 aromatic carbocycles. The molecule has 0 atom stereocenters. The summed E-state index contributed by atoms with van der Waals surface area (Å²) in [5.74, 6) is 0. The van der Waals surface area contributed by atoms with E-state index in [1.807, 2.05) is 6.26 Å². The van der Waals surface area contributed by atoms with Crippen LogP contribution in [0, 0.1) is 10.1 Å². The molecule has 0 heterocycles. The molecule has 0 amide bonds. The summed E-state index contributed by atoms with van der Waals surface area (Å²) in [4.78, 5) is 10.6. The van der Waals surface area contributed by atoms with Gasteiger partial charge in [-0.05, 0) is 12.3 Å². The maximum absolute atomic E-state index is 10.4. The maximum atomic E-state index is 10.4. The number of anilines is 1. The standard InChI is InChI=1S/C7H7ClN2O2S.CH4S.Na/c1-13-7-3-5(9)6(10(11)12)2-4(7)8;1-2;/h2-3H,9H2,1H3;2H,1H3;/q;;+1/p-1. The molecule has 0 aliphatic heterocycles. The first-order valence-electron chi connectivity index (χ1n) is 3.74. The van der Waals surface area contributed by atoms with Crippen molar-refractivity contribution in [2.45, 2.75) is 4.90 Å². The van der Waals surface area contributed by atoms with Gasteiger partial charge in [0.05, 0.1) is 9.95 Å². The largest absolute Gasteiger partial charge is 1.00 e. The minimum absolute atomic E-state index is 0. The third-order valence-corrected chi connectivity index (χ3v) is 2.70. The van der Waals surface area contributed by atoms with E-state index in [1.165, 1.54) is 23.9 Å². The third-order valence-electron chi connectivity index (χ3n) is 1.50. The van der Waals surface area contributed by atoms with Crippen LogP contribution >= 0.6 is 23.4 Å². The first-order chi connectivity index (χ1) is 7.06. The van der Waals surface area contributed by atoms with Crippen LogP contribution < -0.4 is 35.3 Å². The molecule has 0 bridgehead atoms. The average Bonchev–Trinajstić information content (AvgIpc) is 2.23. The Morgan fingerprint density at radius 1 is 1.50 bits per heavy atom. The third kappa shape index (κ3) is 5.16. The van der Waals surface area contributed by atoms with Crippen LogP contribution in [0.15, 0.2) is 17.0 Å². The van der Waals surface area contributed by atoms with E-state index in [9.17, 15) is 10.1 Å². The first kappa shape index (κ1) is 18.8. The number of nitro groups is 1. The Bertz CT molecular complexity index is 366. The van der Waals surface area contributed by atoms with E-state index in [2.05, 4.69) is 12.6 Å². The van der Waals surface area contributed by atoms with Crippen molar-refractivity contribution in [2.75, 3.05) is 18.2 Å². The summed E-state index contributed by atoms with van der Waals surface area (Å²) in [5.41, 5.74) is 5.44. The van der Waals surface area contributed by atoms with Gasteiger partial charge in [0.2, 0.25) is 0 Å². The Hall–Kier alpha value is 0.410. The molecule has 0 aliphatic carbocycles. The second kappa shape index (κ2) is 9.44.